The zero-order valence-electron chi connectivity index (χ0n) is 19.0. The molecule has 164 valence electrons. The van der Waals surface area contributed by atoms with E-state index in [1.165, 1.54) is 4.90 Å². The Labute approximate surface area is 183 Å². The Balaban J connectivity index is 1.95. The number of hydrogen-bond donors (Lipinski definition) is 1. The molecule has 31 heavy (non-hydrogen) atoms. The summed E-state index contributed by atoms with van der Waals surface area (Å²) in [7, 11) is 1.59. The fourth-order valence-electron chi connectivity index (χ4n) is 3.26. The quantitative estimate of drug-likeness (QED) is 0.579. The van der Waals surface area contributed by atoms with Crippen LogP contribution >= 0.6 is 0 Å². The zero-order chi connectivity index (χ0) is 22.8. The van der Waals surface area contributed by atoms with E-state index in [4.69, 9.17) is 9.84 Å². The van der Waals surface area contributed by atoms with Gasteiger partial charge < -0.3 is 9.84 Å². The molecule has 2 heterocycles. The molecule has 2 aromatic heterocycles. The molecule has 7 heteroatoms. The summed E-state index contributed by atoms with van der Waals surface area (Å²) >= 11 is 0. The number of methoxy groups -OCH3 is 1. The van der Waals surface area contributed by atoms with Gasteiger partial charge in [0.1, 0.15) is 0 Å². The molecule has 1 amide bonds. The number of carboxylic acid groups (broad SMARTS) is 1. The van der Waals surface area contributed by atoms with E-state index < -0.39 is 11.6 Å². The van der Waals surface area contributed by atoms with Crippen LogP contribution in [0.25, 0.3) is 16.9 Å². The van der Waals surface area contributed by atoms with Crippen LogP contribution in [0.2, 0.25) is 0 Å². The molecule has 0 radical (unpaired) electrons. The van der Waals surface area contributed by atoms with Gasteiger partial charge in [-0.25, -0.2) is 14.5 Å². The van der Waals surface area contributed by atoms with Crippen LogP contribution in [0.5, 0.6) is 5.88 Å². The van der Waals surface area contributed by atoms with Crippen molar-refractivity contribution in [2.45, 2.75) is 52.6 Å². The second-order valence-corrected chi connectivity index (χ2v) is 8.82. The summed E-state index contributed by atoms with van der Waals surface area (Å²) in [5, 5.41) is 14.3. The summed E-state index contributed by atoms with van der Waals surface area (Å²) in [4.78, 5) is 17.4. The van der Waals surface area contributed by atoms with Crippen molar-refractivity contribution in [1.29, 1.82) is 0 Å². The first-order valence-corrected chi connectivity index (χ1v) is 10.3. The molecule has 3 rings (SSSR count). The number of hydrogen-bond acceptors (Lipinski definition) is 4. The average Bonchev–Trinajstić information content (AvgIpc) is 3.17. The number of pyridine rings is 1. The highest BCUT2D eigenvalue weighted by Crippen LogP contribution is 2.28. The summed E-state index contributed by atoms with van der Waals surface area (Å²) in [6.07, 6.45) is 0.810. The van der Waals surface area contributed by atoms with Gasteiger partial charge in [-0.1, -0.05) is 38.1 Å². The Kier molecular flexibility index (Phi) is 6.34. The van der Waals surface area contributed by atoms with Gasteiger partial charge in [-0.2, -0.15) is 5.10 Å². The fraction of sp³-hybridized carbons (Fsp3) is 0.375. The van der Waals surface area contributed by atoms with Gasteiger partial charge in [-0.05, 0) is 44.4 Å². The van der Waals surface area contributed by atoms with Crippen LogP contribution in [0.3, 0.4) is 0 Å². The number of ether oxygens (including phenoxy) is 1. The Hall–Kier alpha value is -3.35. The summed E-state index contributed by atoms with van der Waals surface area (Å²) in [6, 6.07) is 13.8. The largest absolute Gasteiger partial charge is 0.481 e. The number of nitrogens with zero attached hydrogens (tertiary/aromatic N) is 4. The second kappa shape index (κ2) is 8.79. The lowest BCUT2D eigenvalue weighted by Crippen LogP contribution is -2.44. The Bertz CT molecular complexity index is 1030. The molecule has 0 fully saturated rings. The first-order valence-electron chi connectivity index (χ1n) is 10.3. The first kappa shape index (κ1) is 22.3. The third-order valence-electron chi connectivity index (χ3n) is 5.13. The molecule has 1 aromatic carbocycles. The van der Waals surface area contributed by atoms with E-state index in [9.17, 15) is 9.90 Å². The van der Waals surface area contributed by atoms with Crippen molar-refractivity contribution >= 4 is 6.09 Å². The van der Waals surface area contributed by atoms with Crippen molar-refractivity contribution in [3.05, 3.63) is 59.9 Å². The van der Waals surface area contributed by atoms with Gasteiger partial charge in [0.25, 0.3) is 0 Å². The van der Waals surface area contributed by atoms with Crippen molar-refractivity contribution in [2.24, 2.45) is 0 Å². The Morgan fingerprint density at radius 1 is 1.16 bits per heavy atom. The third kappa shape index (κ3) is 5.05. The maximum Gasteiger partial charge on any atom is 0.408 e. The number of amides is 1. The van der Waals surface area contributed by atoms with E-state index in [2.05, 4.69) is 24.9 Å². The molecule has 3 aromatic rings. The maximum absolute atomic E-state index is 11.7. The smallest absolute Gasteiger partial charge is 0.408 e. The highest BCUT2D eigenvalue weighted by atomic mass is 16.5. The van der Waals surface area contributed by atoms with Crippen LogP contribution in [0, 0.1) is 0 Å². The van der Waals surface area contributed by atoms with Gasteiger partial charge in [-0.3, -0.25) is 4.90 Å². The van der Waals surface area contributed by atoms with E-state index in [1.54, 1.807) is 13.3 Å². The van der Waals surface area contributed by atoms with E-state index in [1.807, 2.05) is 61.9 Å². The predicted molar refractivity (Wildman–Crippen MR) is 121 cm³/mol. The van der Waals surface area contributed by atoms with Crippen molar-refractivity contribution < 1.29 is 14.6 Å². The van der Waals surface area contributed by atoms with Gasteiger partial charge in [0, 0.05) is 23.7 Å². The first-order chi connectivity index (χ1) is 14.6. The number of aromatic nitrogens is 3. The normalized spacial score (nSPS) is 11.6. The van der Waals surface area contributed by atoms with Crippen molar-refractivity contribution in [3.63, 3.8) is 0 Å². The fourth-order valence-corrected chi connectivity index (χ4v) is 3.26. The lowest BCUT2D eigenvalue weighted by Gasteiger charge is -2.33. The van der Waals surface area contributed by atoms with Gasteiger partial charge >= 0.3 is 6.09 Å². The summed E-state index contributed by atoms with van der Waals surface area (Å²) in [5.74, 6) is 0.828. The lowest BCUT2D eigenvalue weighted by atomic mass is 10.0. The Morgan fingerprint density at radius 3 is 2.32 bits per heavy atom. The minimum absolute atomic E-state index is 0.279. The molecule has 0 bridgehead atoms. The minimum atomic E-state index is -0.928. The van der Waals surface area contributed by atoms with E-state index in [-0.39, 0.29) is 5.92 Å². The molecule has 0 atom stereocenters. The van der Waals surface area contributed by atoms with Gasteiger partial charge in [0.05, 0.1) is 30.4 Å². The molecule has 0 spiro atoms. The van der Waals surface area contributed by atoms with Crippen LogP contribution in [-0.2, 0) is 6.54 Å². The molecule has 0 aliphatic heterocycles. The monoisotopic (exact) mass is 422 g/mol. The molecular formula is C24H30N4O3. The standard InChI is InChI=1S/C24H30N4O3/c1-16(2)20-13-21(28(26-20)19-11-12-22(31-6)25-14-19)18-9-7-17(8-10-18)15-27(23(29)30)24(3,4)5/h7-14,16H,15H2,1-6H3,(H,29,30). The minimum Gasteiger partial charge on any atom is -0.481 e. The number of benzene rings is 1. The van der Waals surface area contributed by atoms with Crippen LogP contribution in [0.15, 0.2) is 48.7 Å². The molecule has 0 aliphatic carbocycles. The molecule has 7 nitrogen and oxygen atoms in total. The van der Waals surface area contributed by atoms with Crippen molar-refractivity contribution in [1.82, 2.24) is 19.7 Å². The molecular weight excluding hydrogens is 392 g/mol. The predicted octanol–water partition coefficient (Wildman–Crippen LogP) is 5.34. The molecule has 0 aliphatic rings. The summed E-state index contributed by atoms with van der Waals surface area (Å²) in [6.45, 7) is 10.2. The molecule has 0 saturated carbocycles. The van der Waals surface area contributed by atoms with Crippen LogP contribution in [0.4, 0.5) is 4.79 Å². The SMILES string of the molecule is COc1ccc(-n2nc(C(C)C)cc2-c2ccc(CN(C(=O)O)C(C)(C)C)cc2)cn1. The molecule has 0 saturated heterocycles. The number of rotatable bonds is 6. The second-order valence-electron chi connectivity index (χ2n) is 8.82. The van der Waals surface area contributed by atoms with E-state index >= 15 is 0 Å². The number of carbonyl (C=O) groups is 1. The van der Waals surface area contributed by atoms with Crippen molar-refractivity contribution in [3.8, 4) is 22.8 Å². The van der Waals surface area contributed by atoms with Crippen LogP contribution < -0.4 is 4.74 Å². The third-order valence-corrected chi connectivity index (χ3v) is 5.13. The van der Waals surface area contributed by atoms with Gasteiger partial charge in [0.15, 0.2) is 0 Å². The molecule has 0 unspecified atom stereocenters. The summed E-state index contributed by atoms with van der Waals surface area (Å²) in [5.41, 5.74) is 4.24. The van der Waals surface area contributed by atoms with Crippen LogP contribution in [-0.4, -0.2) is 43.5 Å². The highest BCUT2D eigenvalue weighted by Gasteiger charge is 2.26. The topological polar surface area (TPSA) is 80.5 Å². The van der Waals surface area contributed by atoms with E-state index in [0.717, 1.165) is 28.2 Å². The van der Waals surface area contributed by atoms with Crippen molar-refractivity contribution in [2.75, 3.05) is 7.11 Å². The highest BCUT2D eigenvalue weighted by molar-refractivity contribution is 5.66. The van der Waals surface area contributed by atoms with Crippen LogP contribution in [0.1, 0.15) is 51.8 Å². The van der Waals surface area contributed by atoms with Gasteiger partial charge in [0.2, 0.25) is 5.88 Å². The summed E-state index contributed by atoms with van der Waals surface area (Å²) < 4.78 is 7.05. The average molecular weight is 423 g/mol. The zero-order valence-corrected chi connectivity index (χ0v) is 19.0. The Morgan fingerprint density at radius 2 is 1.84 bits per heavy atom. The lowest BCUT2D eigenvalue weighted by molar-refractivity contribution is 0.0955. The van der Waals surface area contributed by atoms with Gasteiger partial charge in [-0.15, -0.1) is 0 Å². The van der Waals surface area contributed by atoms with E-state index in [0.29, 0.717) is 12.4 Å². The molecule has 1 N–H and O–H groups in total. The maximum atomic E-state index is 11.7.